The first kappa shape index (κ1) is 14.4. The molecule has 116 valence electrons. The summed E-state index contributed by atoms with van der Waals surface area (Å²) in [7, 11) is 0. The van der Waals surface area contributed by atoms with Gasteiger partial charge < -0.3 is 14.2 Å². The normalized spacial score (nSPS) is 18.5. The Morgan fingerprint density at radius 1 is 1.50 bits per heavy atom. The SMILES string of the molecule is Cc1nc([C@H]2CN(c3cccc(F)c3[N+](=O)[O-])CCO2)no1. The predicted molar refractivity (Wildman–Crippen MR) is 73.0 cm³/mol. The van der Waals surface area contributed by atoms with E-state index in [0.29, 0.717) is 24.9 Å². The van der Waals surface area contributed by atoms with Gasteiger partial charge in [0.2, 0.25) is 17.5 Å². The lowest BCUT2D eigenvalue weighted by molar-refractivity contribution is -0.386. The second kappa shape index (κ2) is 5.68. The monoisotopic (exact) mass is 308 g/mol. The number of rotatable bonds is 3. The summed E-state index contributed by atoms with van der Waals surface area (Å²) in [5.41, 5.74) is -0.314. The lowest BCUT2D eigenvalue weighted by Crippen LogP contribution is -2.39. The number of morpholine rings is 1. The number of aryl methyl sites for hydroxylation is 1. The van der Waals surface area contributed by atoms with Crippen molar-refractivity contribution >= 4 is 11.4 Å². The molecule has 0 N–H and O–H groups in total. The van der Waals surface area contributed by atoms with Gasteiger partial charge in [0.25, 0.3) is 0 Å². The maximum absolute atomic E-state index is 13.7. The number of anilines is 1. The number of para-hydroxylation sites is 1. The minimum Gasteiger partial charge on any atom is -0.366 e. The summed E-state index contributed by atoms with van der Waals surface area (Å²) in [6.45, 7) is 2.68. The van der Waals surface area contributed by atoms with Gasteiger partial charge in [0.1, 0.15) is 11.8 Å². The fraction of sp³-hybridized carbons (Fsp3) is 0.385. The van der Waals surface area contributed by atoms with Crippen molar-refractivity contribution in [2.75, 3.05) is 24.6 Å². The van der Waals surface area contributed by atoms with E-state index < -0.39 is 22.5 Å². The van der Waals surface area contributed by atoms with Gasteiger partial charge in [-0.05, 0) is 12.1 Å². The van der Waals surface area contributed by atoms with Gasteiger partial charge in [0.15, 0.2) is 0 Å². The number of nitro benzene ring substituents is 1. The topological polar surface area (TPSA) is 94.5 Å². The summed E-state index contributed by atoms with van der Waals surface area (Å²) in [6.07, 6.45) is -0.478. The standard InChI is InChI=1S/C13H13FN4O4/c1-8-15-13(16-22-8)11-7-17(5-6-21-11)10-4-2-3-9(14)12(10)18(19)20/h2-4,11H,5-7H2,1H3/t11-/m1/s1. The van der Waals surface area contributed by atoms with Gasteiger partial charge in [-0.2, -0.15) is 9.37 Å². The predicted octanol–water partition coefficient (Wildman–Crippen LogP) is 2.00. The van der Waals surface area contributed by atoms with Crippen LogP contribution in [-0.2, 0) is 4.74 Å². The summed E-state index contributed by atoms with van der Waals surface area (Å²) in [4.78, 5) is 16.2. The van der Waals surface area contributed by atoms with Gasteiger partial charge in [-0.1, -0.05) is 11.2 Å². The van der Waals surface area contributed by atoms with Crippen molar-refractivity contribution in [2.24, 2.45) is 0 Å². The molecule has 3 rings (SSSR count). The second-order valence-corrected chi connectivity index (χ2v) is 4.84. The van der Waals surface area contributed by atoms with Gasteiger partial charge in [-0.15, -0.1) is 0 Å². The lowest BCUT2D eigenvalue weighted by Gasteiger charge is -2.32. The zero-order valence-corrected chi connectivity index (χ0v) is 11.7. The summed E-state index contributed by atoms with van der Waals surface area (Å²) >= 11 is 0. The first-order chi connectivity index (χ1) is 10.6. The van der Waals surface area contributed by atoms with Gasteiger partial charge in [-0.3, -0.25) is 10.1 Å². The maximum Gasteiger partial charge on any atom is 0.327 e. The molecule has 1 aliphatic heterocycles. The molecule has 2 heterocycles. The van der Waals surface area contributed by atoms with Crippen LogP contribution in [-0.4, -0.2) is 34.8 Å². The van der Waals surface area contributed by atoms with Gasteiger partial charge >= 0.3 is 5.69 Å². The molecule has 0 bridgehead atoms. The quantitative estimate of drug-likeness (QED) is 0.632. The Labute approximate surface area is 124 Å². The molecular formula is C13H13FN4O4. The molecule has 1 saturated heterocycles. The van der Waals surface area contributed by atoms with Crippen LogP contribution in [0.5, 0.6) is 0 Å². The highest BCUT2D eigenvalue weighted by atomic mass is 19.1. The number of benzene rings is 1. The third-order valence-electron chi connectivity index (χ3n) is 3.39. The molecule has 22 heavy (non-hydrogen) atoms. The van der Waals surface area contributed by atoms with Crippen molar-refractivity contribution in [3.8, 4) is 0 Å². The molecule has 0 saturated carbocycles. The summed E-state index contributed by atoms with van der Waals surface area (Å²) < 4.78 is 24.2. The van der Waals surface area contributed by atoms with Crippen molar-refractivity contribution in [3.05, 3.63) is 45.8 Å². The van der Waals surface area contributed by atoms with Crippen LogP contribution < -0.4 is 4.90 Å². The fourth-order valence-corrected chi connectivity index (χ4v) is 2.41. The van der Waals surface area contributed by atoms with Crippen LogP contribution >= 0.6 is 0 Å². The zero-order chi connectivity index (χ0) is 15.7. The smallest absolute Gasteiger partial charge is 0.327 e. The van der Waals surface area contributed by atoms with Crippen molar-refractivity contribution in [1.29, 1.82) is 0 Å². The molecule has 8 nitrogen and oxygen atoms in total. The third-order valence-corrected chi connectivity index (χ3v) is 3.39. The lowest BCUT2D eigenvalue weighted by atomic mass is 10.2. The average molecular weight is 308 g/mol. The first-order valence-corrected chi connectivity index (χ1v) is 6.66. The van der Waals surface area contributed by atoms with Gasteiger partial charge in [-0.25, -0.2) is 0 Å². The van der Waals surface area contributed by atoms with Gasteiger partial charge in [0.05, 0.1) is 18.1 Å². The third kappa shape index (κ3) is 2.62. The Hall–Kier alpha value is -2.55. The highest BCUT2D eigenvalue weighted by Gasteiger charge is 2.31. The van der Waals surface area contributed by atoms with E-state index in [1.165, 1.54) is 12.1 Å². The number of ether oxygens (including phenoxy) is 1. The van der Waals surface area contributed by atoms with Crippen molar-refractivity contribution in [3.63, 3.8) is 0 Å². The van der Waals surface area contributed by atoms with E-state index >= 15 is 0 Å². The van der Waals surface area contributed by atoms with E-state index in [1.54, 1.807) is 11.8 Å². The molecule has 0 unspecified atom stereocenters. The van der Waals surface area contributed by atoms with E-state index in [0.717, 1.165) is 6.07 Å². The molecule has 1 aliphatic rings. The van der Waals surface area contributed by atoms with Crippen molar-refractivity contribution in [2.45, 2.75) is 13.0 Å². The molecule has 1 aromatic heterocycles. The van der Waals surface area contributed by atoms with Crippen LogP contribution in [0.1, 0.15) is 17.8 Å². The highest BCUT2D eigenvalue weighted by Crippen LogP contribution is 2.33. The van der Waals surface area contributed by atoms with E-state index in [2.05, 4.69) is 10.1 Å². The summed E-state index contributed by atoms with van der Waals surface area (Å²) in [6, 6.07) is 4.04. The van der Waals surface area contributed by atoms with Gasteiger partial charge in [0, 0.05) is 13.5 Å². The maximum atomic E-state index is 13.7. The Balaban J connectivity index is 1.89. The Bertz CT molecular complexity index is 705. The molecule has 1 aromatic carbocycles. The number of aromatic nitrogens is 2. The molecule has 0 amide bonds. The number of halogens is 1. The first-order valence-electron chi connectivity index (χ1n) is 6.66. The molecule has 0 spiro atoms. The zero-order valence-electron chi connectivity index (χ0n) is 11.7. The molecule has 1 fully saturated rings. The Morgan fingerprint density at radius 2 is 2.32 bits per heavy atom. The van der Waals surface area contributed by atoms with Crippen LogP contribution in [0.4, 0.5) is 15.8 Å². The molecule has 1 atom stereocenters. The van der Waals surface area contributed by atoms with E-state index in [4.69, 9.17) is 9.26 Å². The minimum absolute atomic E-state index is 0.221. The molecule has 2 aromatic rings. The van der Waals surface area contributed by atoms with Crippen LogP contribution in [0.3, 0.4) is 0 Å². The van der Waals surface area contributed by atoms with E-state index in [-0.39, 0.29) is 12.2 Å². The largest absolute Gasteiger partial charge is 0.366 e. The fourth-order valence-electron chi connectivity index (χ4n) is 2.41. The van der Waals surface area contributed by atoms with Crippen LogP contribution in [0.25, 0.3) is 0 Å². The molecule has 9 heteroatoms. The number of nitro groups is 1. The minimum atomic E-state index is -0.860. The average Bonchev–Trinajstić information content (AvgIpc) is 2.93. The summed E-state index contributed by atoms with van der Waals surface area (Å²) in [5.74, 6) is -0.0744. The van der Waals surface area contributed by atoms with E-state index in [1.807, 2.05) is 0 Å². The van der Waals surface area contributed by atoms with Crippen molar-refractivity contribution < 1.29 is 18.6 Å². The van der Waals surface area contributed by atoms with Crippen LogP contribution in [0.15, 0.2) is 22.7 Å². The summed E-state index contributed by atoms with van der Waals surface area (Å²) in [5, 5.41) is 14.9. The molecule has 0 radical (unpaired) electrons. The number of hydrogen-bond acceptors (Lipinski definition) is 7. The Kier molecular flexibility index (Phi) is 3.72. The van der Waals surface area contributed by atoms with Crippen LogP contribution in [0, 0.1) is 22.9 Å². The number of hydrogen-bond donors (Lipinski definition) is 0. The highest BCUT2D eigenvalue weighted by molar-refractivity contribution is 5.64. The van der Waals surface area contributed by atoms with Crippen LogP contribution in [0.2, 0.25) is 0 Å². The molecular weight excluding hydrogens is 295 g/mol. The van der Waals surface area contributed by atoms with Crippen molar-refractivity contribution in [1.82, 2.24) is 10.1 Å². The molecule has 0 aliphatic carbocycles. The Morgan fingerprint density at radius 3 is 3.00 bits per heavy atom. The van der Waals surface area contributed by atoms with E-state index in [9.17, 15) is 14.5 Å². The second-order valence-electron chi connectivity index (χ2n) is 4.84. The number of nitrogens with zero attached hydrogens (tertiary/aromatic N) is 4.